The molecule has 0 radical (unpaired) electrons. The molecule has 1 atom stereocenters. The van der Waals surface area contributed by atoms with E-state index in [1.165, 1.54) is 37.6 Å². The molecule has 0 heterocycles. The molecule has 1 unspecified atom stereocenters. The molecule has 0 aliphatic carbocycles. The summed E-state index contributed by atoms with van der Waals surface area (Å²) in [5.41, 5.74) is 1.24. The van der Waals surface area contributed by atoms with Gasteiger partial charge in [0.25, 0.3) is 0 Å². The lowest BCUT2D eigenvalue weighted by atomic mass is 9.99. The summed E-state index contributed by atoms with van der Waals surface area (Å²) < 4.78 is -0.554. The second-order valence-electron chi connectivity index (χ2n) is 10.6. The Balaban J connectivity index is 1.37. The molecule has 0 saturated carbocycles. The molecular formula is C39H35ClP2. The van der Waals surface area contributed by atoms with Gasteiger partial charge in [0, 0.05) is 0 Å². The summed E-state index contributed by atoms with van der Waals surface area (Å²) in [6.45, 7) is 0. The van der Waals surface area contributed by atoms with Crippen LogP contribution in [0.15, 0.2) is 164 Å². The topological polar surface area (TPSA) is 0 Å². The Labute approximate surface area is 257 Å². The fourth-order valence-electron chi connectivity index (χ4n) is 5.89. The van der Waals surface area contributed by atoms with E-state index in [4.69, 9.17) is 11.6 Å². The summed E-state index contributed by atoms with van der Waals surface area (Å²) in [5.74, 6) is 0. The molecule has 0 saturated heterocycles. The molecule has 42 heavy (non-hydrogen) atoms. The van der Waals surface area contributed by atoms with Gasteiger partial charge in [-0.25, -0.2) is 0 Å². The first-order valence-corrected chi connectivity index (χ1v) is 17.9. The lowest BCUT2D eigenvalue weighted by molar-refractivity contribution is 0.669. The maximum absolute atomic E-state index is 8.16. The SMILES string of the molecule is ClC(CCCCP(c1ccccc1)c1ccccc1)(c1cccc2ccccc12)P(c1ccccc1)c1ccccc1. The second kappa shape index (κ2) is 13.8. The first-order chi connectivity index (χ1) is 20.7. The first kappa shape index (κ1) is 28.8. The molecule has 0 bridgehead atoms. The largest absolute Gasteiger partial charge is 0.108 e. The minimum absolute atomic E-state index is 0.422. The number of fused-ring (bicyclic) bond motifs is 1. The Hall–Kier alpha value is -3.27. The molecule has 208 valence electrons. The van der Waals surface area contributed by atoms with Gasteiger partial charge in [-0.1, -0.05) is 170 Å². The summed E-state index contributed by atoms with van der Waals surface area (Å²) in [6.07, 6.45) is 4.25. The van der Waals surface area contributed by atoms with E-state index in [-0.39, 0.29) is 0 Å². The lowest BCUT2D eigenvalue weighted by Crippen LogP contribution is -2.28. The average Bonchev–Trinajstić information content (AvgIpc) is 3.06. The van der Waals surface area contributed by atoms with Crippen molar-refractivity contribution in [1.82, 2.24) is 0 Å². The van der Waals surface area contributed by atoms with Crippen LogP contribution in [0.25, 0.3) is 10.8 Å². The zero-order valence-electron chi connectivity index (χ0n) is 23.7. The molecule has 6 aromatic rings. The van der Waals surface area contributed by atoms with Gasteiger partial charge >= 0.3 is 0 Å². The number of benzene rings is 6. The van der Waals surface area contributed by atoms with Crippen LogP contribution in [0.4, 0.5) is 0 Å². The van der Waals surface area contributed by atoms with Gasteiger partial charge in [-0.2, -0.15) is 0 Å². The van der Waals surface area contributed by atoms with Gasteiger partial charge in [-0.3, -0.25) is 0 Å². The van der Waals surface area contributed by atoms with Crippen LogP contribution >= 0.6 is 27.4 Å². The Morgan fingerprint density at radius 3 is 1.45 bits per heavy atom. The first-order valence-electron chi connectivity index (χ1n) is 14.7. The summed E-state index contributed by atoms with van der Waals surface area (Å²) >= 11 is 8.16. The van der Waals surface area contributed by atoms with E-state index >= 15 is 0 Å². The minimum atomic E-state index is -0.895. The maximum atomic E-state index is 8.16. The molecule has 0 fully saturated rings. The summed E-state index contributed by atoms with van der Waals surface area (Å²) in [6, 6.07) is 59.4. The van der Waals surface area contributed by atoms with Crippen LogP contribution in [0.5, 0.6) is 0 Å². The van der Waals surface area contributed by atoms with E-state index in [1.807, 2.05) is 0 Å². The van der Waals surface area contributed by atoms with Gasteiger partial charge in [0.2, 0.25) is 0 Å². The van der Waals surface area contributed by atoms with Crippen molar-refractivity contribution in [2.75, 3.05) is 6.16 Å². The van der Waals surface area contributed by atoms with Crippen LogP contribution in [0.3, 0.4) is 0 Å². The van der Waals surface area contributed by atoms with E-state index in [2.05, 4.69) is 164 Å². The highest BCUT2D eigenvalue weighted by molar-refractivity contribution is 7.75. The van der Waals surface area contributed by atoms with Gasteiger partial charge in [0.1, 0.15) is 0 Å². The third-order valence-electron chi connectivity index (χ3n) is 7.86. The van der Waals surface area contributed by atoms with Gasteiger partial charge in [-0.05, 0) is 72.4 Å². The Morgan fingerprint density at radius 2 is 0.905 bits per heavy atom. The quantitative estimate of drug-likeness (QED) is 0.0789. The Bertz CT molecular complexity index is 1610. The molecule has 6 rings (SSSR count). The molecule has 0 aliphatic heterocycles. The molecule has 0 aromatic heterocycles. The number of rotatable bonds is 11. The van der Waals surface area contributed by atoms with Crippen molar-refractivity contribution >= 4 is 59.4 Å². The molecule has 0 spiro atoms. The summed E-state index contributed by atoms with van der Waals surface area (Å²) in [4.78, 5) is 0. The number of alkyl halides is 1. The molecule has 6 aromatic carbocycles. The predicted octanol–water partition coefficient (Wildman–Crippen LogP) is 9.67. The number of halogens is 1. The predicted molar refractivity (Wildman–Crippen MR) is 188 cm³/mol. The normalized spacial score (nSPS) is 12.9. The molecular weight excluding hydrogens is 566 g/mol. The fraction of sp³-hybridized carbons (Fsp3) is 0.128. The van der Waals surface area contributed by atoms with Crippen molar-refractivity contribution in [2.45, 2.75) is 23.9 Å². The van der Waals surface area contributed by atoms with Crippen LogP contribution in [0.2, 0.25) is 0 Å². The molecule has 0 amide bonds. The molecule has 0 nitrogen and oxygen atoms in total. The van der Waals surface area contributed by atoms with E-state index in [9.17, 15) is 0 Å². The highest BCUT2D eigenvalue weighted by Gasteiger charge is 2.41. The van der Waals surface area contributed by atoms with Crippen molar-refractivity contribution in [1.29, 1.82) is 0 Å². The van der Waals surface area contributed by atoms with Crippen LogP contribution in [0.1, 0.15) is 24.8 Å². The maximum Gasteiger partial charge on any atom is 0.0975 e. The van der Waals surface area contributed by atoms with E-state index in [1.54, 1.807) is 0 Å². The van der Waals surface area contributed by atoms with E-state index < -0.39 is 20.5 Å². The van der Waals surface area contributed by atoms with Crippen LogP contribution in [0, 0.1) is 0 Å². The number of hydrogen-bond donors (Lipinski definition) is 0. The van der Waals surface area contributed by atoms with E-state index in [0.29, 0.717) is 0 Å². The summed E-state index contributed by atoms with van der Waals surface area (Å²) in [7, 11) is -1.32. The van der Waals surface area contributed by atoms with Crippen LogP contribution in [-0.4, -0.2) is 6.16 Å². The standard InChI is InChI=1S/C39H35ClP2/c40-39(38-29-17-19-32-18-13-14-28-37(32)38,42(35-24-9-3-10-25-35)36-26-11-4-12-27-36)30-15-16-31-41(33-20-5-1-6-21-33)34-22-7-2-8-23-34/h1-14,17-29H,15-16,30-31H2. The van der Waals surface area contributed by atoms with Crippen molar-refractivity contribution in [3.05, 3.63) is 169 Å². The monoisotopic (exact) mass is 600 g/mol. The Kier molecular flexibility index (Phi) is 9.47. The van der Waals surface area contributed by atoms with Crippen molar-refractivity contribution in [3.63, 3.8) is 0 Å². The van der Waals surface area contributed by atoms with Gasteiger partial charge in [0.15, 0.2) is 0 Å². The van der Waals surface area contributed by atoms with Gasteiger partial charge < -0.3 is 0 Å². The average molecular weight is 601 g/mol. The lowest BCUT2D eigenvalue weighted by Gasteiger charge is -2.38. The third-order valence-corrected chi connectivity index (χ3v) is 14.2. The Morgan fingerprint density at radius 1 is 0.452 bits per heavy atom. The highest BCUT2D eigenvalue weighted by Crippen LogP contribution is 2.61. The van der Waals surface area contributed by atoms with Gasteiger partial charge in [0.05, 0.1) is 4.62 Å². The number of unbranched alkanes of at least 4 members (excludes halogenated alkanes) is 1. The van der Waals surface area contributed by atoms with Crippen LogP contribution in [-0.2, 0) is 4.62 Å². The smallest absolute Gasteiger partial charge is 0.0975 e. The van der Waals surface area contributed by atoms with Crippen molar-refractivity contribution < 1.29 is 0 Å². The summed E-state index contributed by atoms with van der Waals surface area (Å²) in [5, 5.41) is 8.02. The van der Waals surface area contributed by atoms with Crippen LogP contribution < -0.4 is 21.2 Å². The zero-order valence-corrected chi connectivity index (χ0v) is 26.2. The fourth-order valence-corrected chi connectivity index (χ4v) is 12.1. The zero-order chi connectivity index (χ0) is 28.6. The molecule has 0 aliphatic rings. The third kappa shape index (κ3) is 6.38. The van der Waals surface area contributed by atoms with Crippen molar-refractivity contribution in [3.8, 4) is 0 Å². The second-order valence-corrected chi connectivity index (χ2v) is 16.3. The minimum Gasteiger partial charge on any atom is -0.108 e. The van der Waals surface area contributed by atoms with Crippen molar-refractivity contribution in [2.24, 2.45) is 0 Å². The highest BCUT2D eigenvalue weighted by atomic mass is 35.5. The number of hydrogen-bond acceptors (Lipinski definition) is 0. The molecule has 0 N–H and O–H groups in total. The molecule has 3 heteroatoms. The van der Waals surface area contributed by atoms with E-state index in [0.717, 1.165) is 25.4 Å². The van der Waals surface area contributed by atoms with Gasteiger partial charge in [-0.15, -0.1) is 11.6 Å².